The SMILES string of the molecule is C1CC2CN(CCNCC3CCOC3)CCCN2C1. The van der Waals surface area contributed by atoms with Crippen LogP contribution in [0.4, 0.5) is 0 Å². The number of nitrogens with zero attached hydrogens (tertiary/aromatic N) is 2. The average Bonchev–Trinajstić information content (AvgIpc) is 3.04. The van der Waals surface area contributed by atoms with Gasteiger partial charge in [0.25, 0.3) is 0 Å². The summed E-state index contributed by atoms with van der Waals surface area (Å²) in [6, 6.07) is 0.853. The molecule has 3 saturated heterocycles. The van der Waals surface area contributed by atoms with Crippen LogP contribution in [0.5, 0.6) is 0 Å². The van der Waals surface area contributed by atoms with E-state index in [1.165, 1.54) is 58.4 Å². The van der Waals surface area contributed by atoms with E-state index in [0.717, 1.165) is 38.3 Å². The lowest BCUT2D eigenvalue weighted by Gasteiger charge is -2.25. The molecule has 0 aliphatic carbocycles. The number of fused-ring (bicyclic) bond motifs is 1. The summed E-state index contributed by atoms with van der Waals surface area (Å²) in [4.78, 5) is 5.39. The van der Waals surface area contributed by atoms with Crippen LogP contribution in [0.3, 0.4) is 0 Å². The summed E-state index contributed by atoms with van der Waals surface area (Å²) in [5, 5.41) is 3.62. The molecule has 0 saturated carbocycles. The summed E-state index contributed by atoms with van der Waals surface area (Å²) in [6.45, 7) is 10.7. The molecule has 0 aromatic carbocycles. The highest BCUT2D eigenvalue weighted by atomic mass is 16.5. The van der Waals surface area contributed by atoms with E-state index in [0.29, 0.717) is 0 Å². The molecule has 3 aliphatic heterocycles. The Bertz CT molecular complexity index is 268. The molecule has 2 unspecified atom stereocenters. The van der Waals surface area contributed by atoms with Crippen LogP contribution in [0, 0.1) is 5.92 Å². The number of hydrogen-bond donors (Lipinski definition) is 1. The van der Waals surface area contributed by atoms with Gasteiger partial charge in [0.2, 0.25) is 0 Å². The maximum Gasteiger partial charge on any atom is 0.0507 e. The molecule has 0 aromatic heterocycles. The molecule has 3 heterocycles. The van der Waals surface area contributed by atoms with Crippen molar-refractivity contribution in [2.45, 2.75) is 31.7 Å². The average molecular weight is 267 g/mol. The lowest BCUT2D eigenvalue weighted by Crippen LogP contribution is -2.40. The first-order valence-electron chi connectivity index (χ1n) is 8.17. The highest BCUT2D eigenvalue weighted by Crippen LogP contribution is 2.20. The molecular formula is C15H29N3O. The molecule has 1 N–H and O–H groups in total. The number of hydrogen-bond acceptors (Lipinski definition) is 4. The van der Waals surface area contributed by atoms with Crippen molar-refractivity contribution in [1.82, 2.24) is 15.1 Å². The molecule has 0 spiro atoms. The Morgan fingerprint density at radius 3 is 2.95 bits per heavy atom. The summed E-state index contributed by atoms with van der Waals surface area (Å²) in [7, 11) is 0. The Labute approximate surface area is 117 Å². The second kappa shape index (κ2) is 7.02. The largest absolute Gasteiger partial charge is 0.381 e. The molecular weight excluding hydrogens is 238 g/mol. The minimum absolute atomic E-state index is 0.759. The van der Waals surface area contributed by atoms with E-state index >= 15 is 0 Å². The van der Waals surface area contributed by atoms with Crippen molar-refractivity contribution >= 4 is 0 Å². The van der Waals surface area contributed by atoms with Gasteiger partial charge in [-0.15, -0.1) is 0 Å². The summed E-state index contributed by atoms with van der Waals surface area (Å²) in [5.41, 5.74) is 0. The van der Waals surface area contributed by atoms with Gasteiger partial charge >= 0.3 is 0 Å². The molecule has 3 aliphatic rings. The minimum atomic E-state index is 0.759. The van der Waals surface area contributed by atoms with Crippen LogP contribution in [0.25, 0.3) is 0 Å². The van der Waals surface area contributed by atoms with Crippen molar-refractivity contribution in [1.29, 1.82) is 0 Å². The molecule has 4 heteroatoms. The summed E-state index contributed by atoms with van der Waals surface area (Å²) >= 11 is 0. The predicted octanol–water partition coefficient (Wildman–Crippen LogP) is 0.783. The second-order valence-corrected chi connectivity index (χ2v) is 6.42. The van der Waals surface area contributed by atoms with Crippen molar-refractivity contribution in [2.24, 2.45) is 5.92 Å². The number of ether oxygens (including phenoxy) is 1. The normalized spacial score (nSPS) is 33.5. The van der Waals surface area contributed by atoms with Crippen molar-refractivity contribution in [3.63, 3.8) is 0 Å². The zero-order valence-electron chi connectivity index (χ0n) is 12.1. The third-order valence-electron chi connectivity index (χ3n) is 4.95. The van der Waals surface area contributed by atoms with Gasteiger partial charge in [-0.3, -0.25) is 4.90 Å². The van der Waals surface area contributed by atoms with Crippen molar-refractivity contribution in [3.8, 4) is 0 Å². The van der Waals surface area contributed by atoms with E-state index in [1.807, 2.05) is 0 Å². The molecule has 3 fully saturated rings. The third-order valence-corrected chi connectivity index (χ3v) is 4.95. The van der Waals surface area contributed by atoms with Gasteiger partial charge in [-0.25, -0.2) is 0 Å². The van der Waals surface area contributed by atoms with Gasteiger partial charge in [0.05, 0.1) is 6.61 Å². The fourth-order valence-electron chi connectivity index (χ4n) is 3.77. The smallest absolute Gasteiger partial charge is 0.0507 e. The maximum atomic E-state index is 5.41. The quantitative estimate of drug-likeness (QED) is 0.745. The van der Waals surface area contributed by atoms with E-state index < -0.39 is 0 Å². The third kappa shape index (κ3) is 3.91. The van der Waals surface area contributed by atoms with Crippen LogP contribution in [-0.2, 0) is 4.74 Å². The van der Waals surface area contributed by atoms with Crippen LogP contribution >= 0.6 is 0 Å². The Kier molecular flexibility index (Phi) is 5.10. The first kappa shape index (κ1) is 13.8. The molecule has 0 radical (unpaired) electrons. The molecule has 0 amide bonds. The van der Waals surface area contributed by atoms with Gasteiger partial charge in [-0.1, -0.05) is 0 Å². The Balaban J connectivity index is 1.32. The van der Waals surface area contributed by atoms with Gasteiger partial charge in [-0.2, -0.15) is 0 Å². The summed E-state index contributed by atoms with van der Waals surface area (Å²) in [5.74, 6) is 0.759. The first-order chi connectivity index (χ1) is 9.42. The number of rotatable bonds is 5. The Morgan fingerprint density at radius 2 is 2.05 bits per heavy atom. The van der Waals surface area contributed by atoms with Gasteiger partial charge in [-0.05, 0) is 51.2 Å². The van der Waals surface area contributed by atoms with Gasteiger partial charge in [0, 0.05) is 38.8 Å². The molecule has 2 atom stereocenters. The van der Waals surface area contributed by atoms with E-state index in [1.54, 1.807) is 0 Å². The maximum absolute atomic E-state index is 5.41. The highest BCUT2D eigenvalue weighted by Gasteiger charge is 2.28. The van der Waals surface area contributed by atoms with Gasteiger partial charge < -0.3 is 15.0 Å². The monoisotopic (exact) mass is 267 g/mol. The van der Waals surface area contributed by atoms with E-state index in [-0.39, 0.29) is 0 Å². The van der Waals surface area contributed by atoms with Crippen LogP contribution in [0.15, 0.2) is 0 Å². The molecule has 19 heavy (non-hydrogen) atoms. The van der Waals surface area contributed by atoms with Crippen molar-refractivity contribution in [3.05, 3.63) is 0 Å². The number of nitrogens with one attached hydrogen (secondary N) is 1. The predicted molar refractivity (Wildman–Crippen MR) is 77.4 cm³/mol. The van der Waals surface area contributed by atoms with Crippen LogP contribution < -0.4 is 5.32 Å². The molecule has 3 rings (SSSR count). The van der Waals surface area contributed by atoms with Gasteiger partial charge in [0.1, 0.15) is 0 Å². The topological polar surface area (TPSA) is 27.7 Å². The van der Waals surface area contributed by atoms with Crippen molar-refractivity contribution < 1.29 is 4.74 Å². The standard InChI is InChI=1S/C15H29N3O/c1-3-15-12-17(6-2-8-18(15)7-1)9-5-16-11-14-4-10-19-13-14/h14-16H,1-13H2. The summed E-state index contributed by atoms with van der Waals surface area (Å²) in [6.07, 6.45) is 5.43. The minimum Gasteiger partial charge on any atom is -0.381 e. The zero-order chi connectivity index (χ0) is 12.9. The molecule has 4 nitrogen and oxygen atoms in total. The Hall–Kier alpha value is -0.160. The second-order valence-electron chi connectivity index (χ2n) is 6.42. The first-order valence-corrected chi connectivity index (χ1v) is 8.17. The Morgan fingerprint density at radius 1 is 1.11 bits per heavy atom. The van der Waals surface area contributed by atoms with E-state index in [2.05, 4.69) is 15.1 Å². The summed E-state index contributed by atoms with van der Waals surface area (Å²) < 4.78 is 5.41. The van der Waals surface area contributed by atoms with Gasteiger partial charge in [0.15, 0.2) is 0 Å². The zero-order valence-corrected chi connectivity index (χ0v) is 12.1. The molecule has 0 aromatic rings. The fraction of sp³-hybridized carbons (Fsp3) is 1.00. The fourth-order valence-corrected chi connectivity index (χ4v) is 3.77. The molecule has 0 bridgehead atoms. The highest BCUT2D eigenvalue weighted by molar-refractivity contribution is 4.85. The molecule has 110 valence electrons. The van der Waals surface area contributed by atoms with Crippen molar-refractivity contribution in [2.75, 3.05) is 59.0 Å². The van der Waals surface area contributed by atoms with Crippen LogP contribution in [0.2, 0.25) is 0 Å². The van der Waals surface area contributed by atoms with E-state index in [9.17, 15) is 0 Å². The lowest BCUT2D eigenvalue weighted by atomic mass is 10.1. The van der Waals surface area contributed by atoms with Crippen LogP contribution in [0.1, 0.15) is 25.7 Å². The van der Waals surface area contributed by atoms with E-state index in [4.69, 9.17) is 4.74 Å². The lowest BCUT2D eigenvalue weighted by molar-refractivity contribution is 0.184. The van der Waals surface area contributed by atoms with Crippen LogP contribution in [-0.4, -0.2) is 74.9 Å².